The van der Waals surface area contributed by atoms with Crippen LogP contribution in [0.5, 0.6) is 0 Å². The molecule has 3 heterocycles. The van der Waals surface area contributed by atoms with Crippen LogP contribution >= 0.6 is 34.4 Å². The van der Waals surface area contributed by atoms with E-state index >= 15 is 0 Å². The van der Waals surface area contributed by atoms with Gasteiger partial charge >= 0.3 is 5.97 Å². The maximum Gasteiger partial charge on any atom is 0.311 e. The molecule has 0 aromatic carbocycles. The average Bonchev–Trinajstić information content (AvgIpc) is 3.32. The first-order valence-electron chi connectivity index (χ1n) is 10.0. The summed E-state index contributed by atoms with van der Waals surface area (Å²) in [4.78, 5) is 50.1. The van der Waals surface area contributed by atoms with E-state index in [0.717, 1.165) is 29.5 Å². The molecular formula is C20H22N4O4S3. The molecule has 1 aliphatic carbocycles. The summed E-state index contributed by atoms with van der Waals surface area (Å²) in [6.07, 6.45) is 4.35. The Morgan fingerprint density at radius 1 is 1.29 bits per heavy atom. The fourth-order valence-corrected chi connectivity index (χ4v) is 6.18. The summed E-state index contributed by atoms with van der Waals surface area (Å²) in [7, 11) is 0. The molecule has 0 bridgehead atoms. The van der Waals surface area contributed by atoms with Crippen LogP contribution in [0.15, 0.2) is 10.2 Å². The fraction of sp³-hybridized carbons (Fsp3) is 0.450. The highest BCUT2D eigenvalue weighted by atomic mass is 32.2. The van der Waals surface area contributed by atoms with Gasteiger partial charge in [0.15, 0.2) is 5.13 Å². The molecule has 0 unspecified atom stereocenters. The molecule has 164 valence electrons. The predicted octanol–water partition coefficient (Wildman–Crippen LogP) is 3.30. The van der Waals surface area contributed by atoms with Crippen LogP contribution < -0.4 is 10.9 Å². The molecule has 3 aromatic rings. The minimum absolute atomic E-state index is 0.0821. The molecule has 2 N–H and O–H groups in total. The molecule has 1 aliphatic rings. The fourth-order valence-electron chi connectivity index (χ4n) is 3.48. The van der Waals surface area contributed by atoms with Crippen LogP contribution in [0.25, 0.3) is 10.2 Å². The number of H-pyrrole nitrogens is 1. The number of anilines is 1. The largest absolute Gasteiger partial charge is 0.466 e. The third-order valence-corrected chi connectivity index (χ3v) is 7.71. The third-order valence-electron chi connectivity index (χ3n) is 4.77. The normalized spacial score (nSPS) is 13.2. The lowest BCUT2D eigenvalue weighted by molar-refractivity contribution is -0.142. The zero-order valence-corrected chi connectivity index (χ0v) is 19.4. The molecule has 0 fully saturated rings. The highest BCUT2D eigenvalue weighted by molar-refractivity contribution is 7.99. The Morgan fingerprint density at radius 3 is 2.97 bits per heavy atom. The van der Waals surface area contributed by atoms with Crippen molar-refractivity contribution < 1.29 is 14.3 Å². The van der Waals surface area contributed by atoms with E-state index in [1.54, 1.807) is 23.6 Å². The quantitative estimate of drug-likeness (QED) is 0.478. The summed E-state index contributed by atoms with van der Waals surface area (Å²) < 4.78 is 4.89. The van der Waals surface area contributed by atoms with E-state index in [9.17, 15) is 14.4 Å². The zero-order valence-electron chi connectivity index (χ0n) is 17.0. The second-order valence-corrected chi connectivity index (χ2v) is 10.00. The van der Waals surface area contributed by atoms with Crippen molar-refractivity contribution in [3.63, 3.8) is 0 Å². The molecule has 3 aromatic heterocycles. The molecule has 0 radical (unpaired) electrons. The van der Waals surface area contributed by atoms with E-state index in [0.29, 0.717) is 29.0 Å². The Kier molecular flexibility index (Phi) is 7.03. The molecule has 31 heavy (non-hydrogen) atoms. The first kappa shape index (κ1) is 22.0. The topological polar surface area (TPSA) is 114 Å². The number of thiazole rings is 1. The number of thiophene rings is 1. The second-order valence-electron chi connectivity index (χ2n) is 7.07. The van der Waals surface area contributed by atoms with Crippen LogP contribution in [0, 0.1) is 0 Å². The Bertz CT molecular complexity index is 1170. The first-order valence-corrected chi connectivity index (χ1v) is 12.9. The number of carbonyl (C=O) groups excluding carboxylic acids is 2. The molecule has 11 heteroatoms. The van der Waals surface area contributed by atoms with E-state index in [2.05, 4.69) is 20.3 Å². The van der Waals surface area contributed by atoms with Gasteiger partial charge in [-0.2, -0.15) is 0 Å². The van der Waals surface area contributed by atoms with Crippen molar-refractivity contribution in [3.8, 4) is 0 Å². The summed E-state index contributed by atoms with van der Waals surface area (Å²) in [5.74, 6) is 0.686. The van der Waals surface area contributed by atoms with E-state index in [-0.39, 0.29) is 29.6 Å². The standard InChI is InChI=1S/C20H22N4O4S3/c1-2-28-16(26)7-11-8-30-20(21-11)24-15(25)10-29-9-14-22-18(27)17-12-5-3-4-6-13(12)31-19(17)23-14/h8H,2-7,9-10H2,1H3,(H,21,24,25)(H,22,23,27). The van der Waals surface area contributed by atoms with Crippen molar-refractivity contribution in [2.75, 3.05) is 17.7 Å². The minimum atomic E-state index is -0.341. The summed E-state index contributed by atoms with van der Waals surface area (Å²) in [5, 5.41) is 5.65. The Hall–Kier alpha value is -2.24. The maximum absolute atomic E-state index is 12.6. The maximum atomic E-state index is 12.6. The van der Waals surface area contributed by atoms with Gasteiger partial charge in [-0.15, -0.1) is 34.4 Å². The Labute approximate surface area is 190 Å². The van der Waals surface area contributed by atoms with Crippen molar-refractivity contribution in [3.05, 3.63) is 37.7 Å². The number of nitrogens with zero attached hydrogens (tertiary/aromatic N) is 2. The number of carbonyl (C=O) groups is 2. The number of hydrogen-bond donors (Lipinski definition) is 2. The van der Waals surface area contributed by atoms with Gasteiger partial charge in [0.2, 0.25) is 5.91 Å². The zero-order chi connectivity index (χ0) is 21.8. The predicted molar refractivity (Wildman–Crippen MR) is 124 cm³/mol. The minimum Gasteiger partial charge on any atom is -0.466 e. The van der Waals surface area contributed by atoms with Crippen LogP contribution in [0.2, 0.25) is 0 Å². The lowest BCUT2D eigenvalue weighted by Gasteiger charge is -2.09. The van der Waals surface area contributed by atoms with Crippen LogP contribution in [0.1, 0.15) is 41.7 Å². The van der Waals surface area contributed by atoms with E-state index < -0.39 is 0 Å². The number of nitrogens with one attached hydrogen (secondary N) is 2. The van der Waals surface area contributed by atoms with E-state index in [1.165, 1.54) is 40.0 Å². The molecule has 0 saturated carbocycles. The van der Waals surface area contributed by atoms with E-state index in [1.807, 2.05) is 0 Å². The average molecular weight is 479 g/mol. The Balaban J connectivity index is 1.31. The number of fused-ring (bicyclic) bond motifs is 3. The van der Waals surface area contributed by atoms with Gasteiger partial charge in [-0.25, -0.2) is 9.97 Å². The van der Waals surface area contributed by atoms with Crippen molar-refractivity contribution in [2.45, 2.75) is 44.8 Å². The summed E-state index contributed by atoms with van der Waals surface area (Å²) in [6.45, 7) is 2.07. The van der Waals surface area contributed by atoms with Crippen LogP contribution in [-0.2, 0) is 39.3 Å². The van der Waals surface area contributed by atoms with Gasteiger partial charge in [-0.3, -0.25) is 14.4 Å². The lowest BCUT2D eigenvalue weighted by Crippen LogP contribution is -2.15. The molecular weight excluding hydrogens is 456 g/mol. The molecule has 0 atom stereocenters. The first-order chi connectivity index (χ1) is 15.0. The van der Waals surface area contributed by atoms with Gasteiger partial charge in [-0.05, 0) is 38.2 Å². The lowest BCUT2D eigenvalue weighted by atomic mass is 9.97. The molecule has 0 spiro atoms. The SMILES string of the molecule is CCOC(=O)Cc1csc(NC(=O)CSCc2nc3sc4c(c3c(=O)[nH]2)CCCC4)n1. The number of thioether (sulfide) groups is 1. The highest BCUT2D eigenvalue weighted by Crippen LogP contribution is 2.33. The monoisotopic (exact) mass is 478 g/mol. The van der Waals surface area contributed by atoms with E-state index in [4.69, 9.17) is 4.74 Å². The van der Waals surface area contributed by atoms with Crippen molar-refractivity contribution >= 4 is 61.7 Å². The third kappa shape index (κ3) is 5.34. The van der Waals surface area contributed by atoms with Crippen LogP contribution in [0.4, 0.5) is 5.13 Å². The van der Waals surface area contributed by atoms with Crippen LogP contribution in [-0.4, -0.2) is 39.2 Å². The number of aromatic nitrogens is 3. The Morgan fingerprint density at radius 2 is 2.13 bits per heavy atom. The molecule has 0 aliphatic heterocycles. The smallest absolute Gasteiger partial charge is 0.311 e. The molecule has 8 nitrogen and oxygen atoms in total. The van der Waals surface area contributed by atoms with Crippen molar-refractivity contribution in [2.24, 2.45) is 0 Å². The van der Waals surface area contributed by atoms with Gasteiger partial charge in [-0.1, -0.05) is 0 Å². The van der Waals surface area contributed by atoms with Crippen molar-refractivity contribution in [1.82, 2.24) is 15.0 Å². The highest BCUT2D eigenvalue weighted by Gasteiger charge is 2.20. The van der Waals surface area contributed by atoms with Crippen molar-refractivity contribution in [1.29, 1.82) is 0 Å². The molecule has 4 rings (SSSR count). The summed E-state index contributed by atoms with van der Waals surface area (Å²) in [6, 6.07) is 0. The molecule has 0 saturated heterocycles. The van der Waals surface area contributed by atoms with Gasteiger partial charge < -0.3 is 15.0 Å². The summed E-state index contributed by atoms with van der Waals surface area (Å²) >= 11 is 4.26. The van der Waals surface area contributed by atoms with Gasteiger partial charge in [0.25, 0.3) is 5.56 Å². The van der Waals surface area contributed by atoms with Gasteiger partial charge in [0, 0.05) is 10.3 Å². The van der Waals surface area contributed by atoms with Gasteiger partial charge in [0.1, 0.15) is 10.7 Å². The number of esters is 1. The number of amides is 1. The number of aromatic amines is 1. The van der Waals surface area contributed by atoms with Crippen LogP contribution in [0.3, 0.4) is 0 Å². The second kappa shape index (κ2) is 9.92. The number of aryl methyl sites for hydroxylation is 2. The number of ether oxygens (including phenoxy) is 1. The number of rotatable bonds is 8. The molecule has 1 amide bonds. The number of hydrogen-bond acceptors (Lipinski definition) is 9. The summed E-state index contributed by atoms with van der Waals surface area (Å²) in [5.41, 5.74) is 1.66. The van der Waals surface area contributed by atoms with Gasteiger partial charge in [0.05, 0.1) is 35.6 Å².